The lowest BCUT2D eigenvalue weighted by Crippen LogP contribution is -2.26. The number of aromatic nitrogens is 4. The molecule has 16 heavy (non-hydrogen) atoms. The molecule has 0 saturated carbocycles. The average molecular weight is 217 g/mol. The van der Waals surface area contributed by atoms with Crippen LogP contribution in [0, 0.1) is 0 Å². The summed E-state index contributed by atoms with van der Waals surface area (Å²) in [5.74, 6) is -0.200. The van der Waals surface area contributed by atoms with Gasteiger partial charge in [-0.1, -0.05) is 0 Å². The Morgan fingerprint density at radius 1 is 1.38 bits per heavy atom. The van der Waals surface area contributed by atoms with Crippen molar-refractivity contribution in [2.45, 2.75) is 13.0 Å². The number of amides is 1. The molecule has 6 nitrogen and oxygen atoms in total. The molecule has 82 valence electrons. The van der Waals surface area contributed by atoms with Crippen LogP contribution in [0.5, 0.6) is 0 Å². The summed E-state index contributed by atoms with van der Waals surface area (Å²) in [4.78, 5) is 19.3. The summed E-state index contributed by atoms with van der Waals surface area (Å²) in [7, 11) is 0. The molecule has 0 fully saturated rings. The van der Waals surface area contributed by atoms with Crippen LogP contribution in [-0.4, -0.2) is 26.1 Å². The second-order valence-electron chi connectivity index (χ2n) is 3.35. The van der Waals surface area contributed by atoms with Crippen LogP contribution >= 0.6 is 0 Å². The molecule has 0 spiro atoms. The van der Waals surface area contributed by atoms with E-state index in [0.717, 1.165) is 5.56 Å². The fraction of sp³-hybridized carbons (Fsp3) is 0.200. The number of aromatic amines is 1. The van der Waals surface area contributed by atoms with E-state index in [1.165, 1.54) is 18.7 Å². The lowest BCUT2D eigenvalue weighted by Gasteiger charge is -2.11. The number of nitrogens with zero attached hydrogens (tertiary/aromatic N) is 3. The van der Waals surface area contributed by atoms with Crippen LogP contribution in [0.15, 0.2) is 31.1 Å². The van der Waals surface area contributed by atoms with Gasteiger partial charge in [0, 0.05) is 24.2 Å². The fourth-order valence-corrected chi connectivity index (χ4v) is 1.28. The Morgan fingerprint density at radius 3 is 2.75 bits per heavy atom. The van der Waals surface area contributed by atoms with Crippen LogP contribution in [0.4, 0.5) is 0 Å². The van der Waals surface area contributed by atoms with Crippen LogP contribution in [-0.2, 0) is 0 Å². The molecule has 2 rings (SSSR count). The fourth-order valence-electron chi connectivity index (χ4n) is 1.28. The first kappa shape index (κ1) is 10.3. The molecule has 0 aliphatic carbocycles. The van der Waals surface area contributed by atoms with E-state index >= 15 is 0 Å². The third-order valence-electron chi connectivity index (χ3n) is 2.19. The molecule has 0 aliphatic heterocycles. The Hall–Kier alpha value is -2.24. The largest absolute Gasteiger partial charge is 0.345 e. The van der Waals surface area contributed by atoms with Crippen molar-refractivity contribution in [3.8, 4) is 0 Å². The van der Waals surface area contributed by atoms with E-state index in [-0.39, 0.29) is 11.9 Å². The summed E-state index contributed by atoms with van der Waals surface area (Å²) in [6.45, 7) is 1.88. The quantitative estimate of drug-likeness (QED) is 0.792. The number of carbonyl (C=O) groups excluding carboxylic acids is 1. The number of rotatable bonds is 3. The van der Waals surface area contributed by atoms with Crippen molar-refractivity contribution in [2.75, 3.05) is 0 Å². The minimum absolute atomic E-state index is 0.105. The van der Waals surface area contributed by atoms with E-state index in [1.807, 2.05) is 6.92 Å². The van der Waals surface area contributed by atoms with Gasteiger partial charge < -0.3 is 5.32 Å². The van der Waals surface area contributed by atoms with E-state index in [0.29, 0.717) is 5.56 Å². The van der Waals surface area contributed by atoms with Crippen molar-refractivity contribution in [1.82, 2.24) is 25.5 Å². The van der Waals surface area contributed by atoms with Crippen LogP contribution in [0.25, 0.3) is 0 Å². The monoisotopic (exact) mass is 217 g/mol. The minimum Gasteiger partial charge on any atom is -0.345 e. The standard InChI is InChI=1S/C10H11N5O/c1-7(8-4-13-14-5-8)15-10(16)9-2-11-6-12-3-9/h2-7H,1H3,(H,13,14)(H,15,16). The number of carbonyl (C=O) groups is 1. The minimum atomic E-state index is -0.200. The van der Waals surface area contributed by atoms with Crippen molar-refractivity contribution >= 4 is 5.91 Å². The molecule has 1 atom stereocenters. The van der Waals surface area contributed by atoms with Gasteiger partial charge in [0.25, 0.3) is 5.91 Å². The van der Waals surface area contributed by atoms with Gasteiger partial charge in [0.1, 0.15) is 6.33 Å². The number of hydrogen-bond donors (Lipinski definition) is 2. The molecule has 6 heteroatoms. The molecule has 2 N–H and O–H groups in total. The zero-order valence-electron chi connectivity index (χ0n) is 8.71. The molecule has 1 amide bonds. The van der Waals surface area contributed by atoms with Gasteiger partial charge in [0.05, 0.1) is 17.8 Å². The third kappa shape index (κ3) is 2.22. The van der Waals surface area contributed by atoms with Crippen LogP contribution in [0.1, 0.15) is 28.9 Å². The van der Waals surface area contributed by atoms with E-state index in [4.69, 9.17) is 0 Å². The predicted molar refractivity (Wildman–Crippen MR) is 56.5 cm³/mol. The van der Waals surface area contributed by atoms with E-state index in [1.54, 1.807) is 12.4 Å². The van der Waals surface area contributed by atoms with E-state index in [2.05, 4.69) is 25.5 Å². The summed E-state index contributed by atoms with van der Waals surface area (Å²) in [6, 6.07) is -0.105. The number of nitrogens with one attached hydrogen (secondary N) is 2. The highest BCUT2D eigenvalue weighted by molar-refractivity contribution is 5.93. The average Bonchev–Trinajstić information content (AvgIpc) is 2.83. The van der Waals surface area contributed by atoms with Crippen molar-refractivity contribution in [3.05, 3.63) is 42.2 Å². The molecule has 0 radical (unpaired) electrons. The van der Waals surface area contributed by atoms with Gasteiger partial charge in [0.2, 0.25) is 0 Å². The highest BCUT2D eigenvalue weighted by Crippen LogP contribution is 2.09. The normalized spacial score (nSPS) is 12.1. The smallest absolute Gasteiger partial charge is 0.254 e. The highest BCUT2D eigenvalue weighted by atomic mass is 16.1. The summed E-state index contributed by atoms with van der Waals surface area (Å²) in [6.07, 6.45) is 7.75. The molecule has 0 saturated heterocycles. The van der Waals surface area contributed by atoms with Gasteiger partial charge in [-0.05, 0) is 6.92 Å². The topological polar surface area (TPSA) is 83.6 Å². The summed E-state index contributed by atoms with van der Waals surface area (Å²) in [5.41, 5.74) is 1.36. The van der Waals surface area contributed by atoms with Crippen LogP contribution < -0.4 is 5.32 Å². The van der Waals surface area contributed by atoms with Gasteiger partial charge in [-0.3, -0.25) is 9.89 Å². The maximum Gasteiger partial charge on any atom is 0.254 e. The zero-order valence-corrected chi connectivity index (χ0v) is 8.71. The Balaban J connectivity index is 2.03. The van der Waals surface area contributed by atoms with Crippen LogP contribution in [0.2, 0.25) is 0 Å². The number of hydrogen-bond acceptors (Lipinski definition) is 4. The zero-order chi connectivity index (χ0) is 11.4. The maximum absolute atomic E-state index is 11.7. The SMILES string of the molecule is CC(NC(=O)c1cncnc1)c1cn[nH]c1. The lowest BCUT2D eigenvalue weighted by atomic mass is 10.2. The maximum atomic E-state index is 11.7. The first-order chi connectivity index (χ1) is 7.77. The number of H-pyrrole nitrogens is 1. The van der Waals surface area contributed by atoms with Gasteiger partial charge in [-0.25, -0.2) is 9.97 Å². The van der Waals surface area contributed by atoms with Crippen LogP contribution in [0.3, 0.4) is 0 Å². The molecule has 2 heterocycles. The lowest BCUT2D eigenvalue weighted by molar-refractivity contribution is 0.0939. The van der Waals surface area contributed by atoms with Gasteiger partial charge in [-0.15, -0.1) is 0 Å². The van der Waals surface area contributed by atoms with E-state index in [9.17, 15) is 4.79 Å². The molecular weight excluding hydrogens is 206 g/mol. The molecule has 2 aromatic heterocycles. The molecule has 0 aliphatic rings. The van der Waals surface area contributed by atoms with E-state index < -0.39 is 0 Å². The molecular formula is C10H11N5O. The first-order valence-electron chi connectivity index (χ1n) is 4.82. The Morgan fingerprint density at radius 2 is 2.12 bits per heavy atom. The van der Waals surface area contributed by atoms with Gasteiger partial charge in [0.15, 0.2) is 0 Å². The van der Waals surface area contributed by atoms with Gasteiger partial charge >= 0.3 is 0 Å². The molecule has 0 bridgehead atoms. The second-order valence-corrected chi connectivity index (χ2v) is 3.35. The van der Waals surface area contributed by atoms with Crippen molar-refractivity contribution < 1.29 is 4.79 Å². The Kier molecular flexibility index (Phi) is 2.90. The third-order valence-corrected chi connectivity index (χ3v) is 2.19. The second kappa shape index (κ2) is 4.52. The highest BCUT2D eigenvalue weighted by Gasteiger charge is 2.12. The molecule has 2 aromatic rings. The first-order valence-corrected chi connectivity index (χ1v) is 4.82. The molecule has 1 unspecified atom stereocenters. The van der Waals surface area contributed by atoms with Gasteiger partial charge in [-0.2, -0.15) is 5.10 Å². The molecule has 0 aromatic carbocycles. The van der Waals surface area contributed by atoms with Crippen molar-refractivity contribution in [3.63, 3.8) is 0 Å². The van der Waals surface area contributed by atoms with Crippen molar-refractivity contribution in [1.29, 1.82) is 0 Å². The summed E-state index contributed by atoms with van der Waals surface area (Å²) < 4.78 is 0. The summed E-state index contributed by atoms with van der Waals surface area (Å²) >= 11 is 0. The Labute approximate surface area is 92.1 Å². The van der Waals surface area contributed by atoms with Crippen molar-refractivity contribution in [2.24, 2.45) is 0 Å². The summed E-state index contributed by atoms with van der Waals surface area (Å²) in [5, 5.41) is 9.34. The predicted octanol–water partition coefficient (Wildman–Crippen LogP) is 0.691. The Bertz CT molecular complexity index is 453.